The monoisotopic (exact) mass is 169 g/mol. The molecule has 0 saturated heterocycles. The third kappa shape index (κ3) is 0.798. The Balaban J connectivity index is 2.61. The molecule has 0 aromatic rings. The minimum atomic E-state index is -0.226. The van der Waals surface area contributed by atoms with Crippen molar-refractivity contribution in [3.8, 4) is 0 Å². The van der Waals surface area contributed by atoms with Crippen LogP contribution in [-0.2, 0) is 0 Å². The van der Waals surface area contributed by atoms with Gasteiger partial charge in [-0.05, 0) is 0 Å². The zero-order valence-electron chi connectivity index (χ0n) is 2.81. The fraction of sp³-hybridized carbons (Fsp3) is 0. The Labute approximate surface area is 41.9 Å². The van der Waals surface area contributed by atoms with Crippen molar-refractivity contribution in [2.45, 2.75) is 0 Å². The molecule has 0 spiro atoms. The first-order chi connectivity index (χ1) is 2.50. The molecule has 2 heteroatoms. The summed E-state index contributed by atoms with van der Waals surface area (Å²) in [7, 11) is 0. The molecule has 1 rings (SSSR count). The van der Waals surface area contributed by atoms with Crippen LogP contribution < -0.4 is 5.32 Å². The Hall–Kier alpha value is 0.280. The van der Waals surface area contributed by atoms with E-state index in [0.29, 0.717) is 0 Å². The normalized spacial score (nSPS) is 14.4. The Bertz CT molecular complexity index is 65.0. The molecule has 1 nitrogen and oxygen atoms in total. The Morgan fingerprint density at radius 3 is 2.80 bits per heavy atom. The molecule has 1 aliphatic rings. The van der Waals surface area contributed by atoms with Crippen molar-refractivity contribution in [1.29, 1.82) is 0 Å². The van der Waals surface area contributed by atoms with Crippen LogP contribution in [0.5, 0.6) is 0 Å². The molecule has 0 fully saturated rings. The zero-order chi connectivity index (χ0) is 3.54. The molecule has 1 N–H and O–H groups in total. The molecule has 0 aliphatic carbocycles. The molecule has 1 aliphatic heterocycles. The van der Waals surface area contributed by atoms with Gasteiger partial charge in [0.1, 0.15) is 0 Å². The molecule has 0 atom stereocenters. The summed E-state index contributed by atoms with van der Waals surface area (Å²) in [5.74, 6) is 0. The number of rotatable bonds is 0. The van der Waals surface area contributed by atoms with Crippen molar-refractivity contribution in [3.63, 3.8) is 0 Å². The second-order valence-corrected chi connectivity index (χ2v) is 4.03. The molecule has 0 unspecified atom stereocenters. The minimum absolute atomic E-state index is 0.226. The van der Waals surface area contributed by atoms with Crippen LogP contribution in [0.2, 0.25) is 0 Å². The third-order valence-electron chi connectivity index (χ3n) is 0.496. The standard InChI is InChI=1S/C3H4N.In/c1-3-4-2;/h1-4H;. The van der Waals surface area contributed by atoms with Gasteiger partial charge in [0.25, 0.3) is 0 Å². The molecule has 0 aromatic heterocycles. The zero-order valence-corrected chi connectivity index (χ0v) is 6.11. The van der Waals surface area contributed by atoms with Crippen LogP contribution in [0.15, 0.2) is 10.0 Å². The second kappa shape index (κ2) is 1.65. The van der Waals surface area contributed by atoms with Crippen LogP contribution in [0.4, 0.5) is 0 Å². The summed E-state index contributed by atoms with van der Waals surface area (Å²) in [6.07, 6.45) is 2.02. The van der Waals surface area contributed by atoms with Gasteiger partial charge in [-0.3, -0.25) is 0 Å². The second-order valence-electron chi connectivity index (χ2n) is 0.885. The van der Waals surface area contributed by atoms with Crippen molar-refractivity contribution in [2.24, 2.45) is 0 Å². The fourth-order valence-corrected chi connectivity index (χ4v) is 1.86. The third-order valence-corrected chi connectivity index (χ3v) is 2.78. The fourth-order valence-electron chi connectivity index (χ4n) is 0.278. The van der Waals surface area contributed by atoms with Gasteiger partial charge in [0.2, 0.25) is 0 Å². The molecule has 0 bridgehead atoms. The summed E-state index contributed by atoms with van der Waals surface area (Å²) in [4.78, 5) is 0. The molecule has 24 valence electrons. The summed E-state index contributed by atoms with van der Waals surface area (Å²) >= 11 is -0.226. The van der Waals surface area contributed by atoms with Gasteiger partial charge < -0.3 is 0 Å². The molecule has 1 heterocycles. The van der Waals surface area contributed by atoms with Crippen LogP contribution in [-0.4, -0.2) is 26.3 Å². The van der Waals surface area contributed by atoms with E-state index >= 15 is 0 Å². The van der Waals surface area contributed by atoms with Crippen molar-refractivity contribution >= 4 is 26.3 Å². The first-order valence-electron chi connectivity index (χ1n) is 1.58. The van der Waals surface area contributed by atoms with Crippen LogP contribution in [0.3, 0.4) is 0 Å². The van der Waals surface area contributed by atoms with Gasteiger partial charge in [-0.1, -0.05) is 0 Å². The van der Waals surface area contributed by atoms with Gasteiger partial charge in [0, 0.05) is 0 Å². The SMILES string of the molecule is C1=[CH][In]=[CH]N1. The van der Waals surface area contributed by atoms with Crippen molar-refractivity contribution in [3.05, 3.63) is 10.0 Å². The number of nitrogens with one attached hydrogen (secondary N) is 1. The molecule has 0 aromatic carbocycles. The van der Waals surface area contributed by atoms with E-state index in [1.54, 1.807) is 0 Å². The van der Waals surface area contributed by atoms with Crippen molar-refractivity contribution in [1.82, 2.24) is 5.32 Å². The molecular weight excluding hydrogens is 165 g/mol. The predicted octanol–water partition coefficient (Wildman–Crippen LogP) is -0.475. The van der Waals surface area contributed by atoms with Gasteiger partial charge >= 0.3 is 41.7 Å². The Morgan fingerprint density at radius 1 is 1.60 bits per heavy atom. The van der Waals surface area contributed by atoms with Crippen LogP contribution in [0, 0.1) is 0 Å². The average molecular weight is 169 g/mol. The van der Waals surface area contributed by atoms with E-state index in [1.165, 1.54) is 0 Å². The topological polar surface area (TPSA) is 12.0 Å². The van der Waals surface area contributed by atoms with Crippen LogP contribution in [0.1, 0.15) is 0 Å². The van der Waals surface area contributed by atoms with Gasteiger partial charge in [0.05, 0.1) is 0 Å². The number of hydrogen-bond donors (Lipinski definition) is 1. The maximum absolute atomic E-state index is 3.00. The molecule has 0 amide bonds. The van der Waals surface area contributed by atoms with E-state index in [9.17, 15) is 0 Å². The first-order valence-corrected chi connectivity index (χ1v) is 5.38. The molecule has 5 heavy (non-hydrogen) atoms. The van der Waals surface area contributed by atoms with E-state index in [-0.39, 0.29) is 22.4 Å². The quantitative estimate of drug-likeness (QED) is 0.516. The summed E-state index contributed by atoms with van der Waals surface area (Å²) in [5.41, 5.74) is 0. The number of hydrogen-bond acceptors (Lipinski definition) is 1. The van der Waals surface area contributed by atoms with Gasteiger partial charge in [0.15, 0.2) is 0 Å². The van der Waals surface area contributed by atoms with Gasteiger partial charge in [-0.15, -0.1) is 0 Å². The summed E-state index contributed by atoms with van der Waals surface area (Å²) in [6, 6.07) is 0. The van der Waals surface area contributed by atoms with Gasteiger partial charge in [-0.2, -0.15) is 0 Å². The van der Waals surface area contributed by atoms with E-state index in [0.717, 1.165) is 0 Å². The summed E-state index contributed by atoms with van der Waals surface area (Å²) < 4.78 is 4.45. The van der Waals surface area contributed by atoms with Gasteiger partial charge in [-0.25, -0.2) is 0 Å². The molecule has 0 radical (unpaired) electrons. The van der Waals surface area contributed by atoms with Crippen LogP contribution >= 0.6 is 0 Å². The Morgan fingerprint density at radius 2 is 2.60 bits per heavy atom. The predicted molar refractivity (Wildman–Crippen MR) is 24.1 cm³/mol. The van der Waals surface area contributed by atoms with Crippen LogP contribution in [0.25, 0.3) is 0 Å². The Kier molecular flexibility index (Phi) is 1.15. The summed E-state index contributed by atoms with van der Waals surface area (Å²) in [6.45, 7) is 0. The van der Waals surface area contributed by atoms with E-state index in [1.807, 2.05) is 6.20 Å². The molecular formula is C3H4InN. The molecule has 0 saturated carbocycles. The van der Waals surface area contributed by atoms with E-state index in [2.05, 4.69) is 13.0 Å². The average Bonchev–Trinajstić information content (AvgIpc) is 1.76. The van der Waals surface area contributed by atoms with E-state index in [4.69, 9.17) is 0 Å². The first kappa shape index (κ1) is 3.47. The van der Waals surface area contributed by atoms with Crippen molar-refractivity contribution < 1.29 is 0 Å². The van der Waals surface area contributed by atoms with Crippen molar-refractivity contribution in [2.75, 3.05) is 0 Å². The summed E-state index contributed by atoms with van der Waals surface area (Å²) in [5, 5.41) is 3.00. The maximum atomic E-state index is 3.00. The van der Waals surface area contributed by atoms with E-state index < -0.39 is 0 Å².